The summed E-state index contributed by atoms with van der Waals surface area (Å²) in [5, 5.41) is 5.11. The van der Waals surface area contributed by atoms with Crippen LogP contribution >= 0.6 is 11.3 Å². The quantitative estimate of drug-likeness (QED) is 0.625. The Morgan fingerprint density at radius 3 is 2.81 bits per heavy atom. The van der Waals surface area contributed by atoms with E-state index < -0.39 is 5.97 Å². The lowest BCUT2D eigenvalue weighted by atomic mass is 10.2. The van der Waals surface area contributed by atoms with Crippen LogP contribution in [0.3, 0.4) is 0 Å². The molecule has 0 saturated carbocycles. The Balaban J connectivity index is 2.49. The fourth-order valence-electron chi connectivity index (χ4n) is 0.841. The van der Waals surface area contributed by atoms with Gasteiger partial charge in [0, 0.05) is 19.0 Å². The van der Waals surface area contributed by atoms with Gasteiger partial charge in [-0.05, 0) is 6.92 Å². The largest absolute Gasteiger partial charge is 0.407 e. The Morgan fingerprint density at radius 2 is 2.25 bits per heavy atom. The predicted molar refractivity (Wildman–Crippen MR) is 61.7 cm³/mol. The van der Waals surface area contributed by atoms with Crippen LogP contribution in [-0.2, 0) is 9.59 Å². The summed E-state index contributed by atoms with van der Waals surface area (Å²) in [6.07, 6.45) is 0. The average molecular weight is 240 g/mol. The van der Waals surface area contributed by atoms with Crippen molar-refractivity contribution in [3.8, 4) is 5.88 Å². The molecule has 0 spiro atoms. The fourth-order valence-corrected chi connectivity index (χ4v) is 1.45. The molecule has 1 N–H and O–H groups in total. The molecular formula is C10H12N2O3S. The van der Waals surface area contributed by atoms with E-state index in [1.165, 1.54) is 25.2 Å². The summed E-state index contributed by atoms with van der Waals surface area (Å²) >= 11 is 1.29. The van der Waals surface area contributed by atoms with E-state index in [9.17, 15) is 9.59 Å². The number of carbonyl (C=O) groups is 2. The molecule has 86 valence electrons. The minimum atomic E-state index is -0.412. The standard InChI is InChI=1S/C10H12N2O3S/c1-6(7(2)13)4-11-10-12-9(5-16-10)15-8(3)14/h5H,1,4H2,2-3H3,(H,11,12). The fraction of sp³-hybridized carbons (Fsp3) is 0.300. The van der Waals surface area contributed by atoms with E-state index in [2.05, 4.69) is 16.9 Å². The first kappa shape index (κ1) is 12.4. The summed E-state index contributed by atoms with van der Waals surface area (Å²) in [4.78, 5) is 25.5. The SMILES string of the molecule is C=C(CNc1nc(OC(C)=O)cs1)C(C)=O. The molecule has 16 heavy (non-hydrogen) atoms. The van der Waals surface area contributed by atoms with E-state index in [0.717, 1.165) is 0 Å². The van der Waals surface area contributed by atoms with Crippen LogP contribution in [0.4, 0.5) is 5.13 Å². The third-order valence-corrected chi connectivity index (χ3v) is 2.46. The lowest BCUT2D eigenvalue weighted by Gasteiger charge is -2.01. The molecule has 0 saturated heterocycles. The van der Waals surface area contributed by atoms with Crippen LogP contribution in [0.1, 0.15) is 13.8 Å². The van der Waals surface area contributed by atoms with Gasteiger partial charge in [0.25, 0.3) is 0 Å². The Hall–Kier alpha value is -1.69. The number of hydrogen-bond acceptors (Lipinski definition) is 6. The van der Waals surface area contributed by atoms with Crippen molar-refractivity contribution in [3.05, 3.63) is 17.5 Å². The van der Waals surface area contributed by atoms with Gasteiger partial charge in [0.2, 0.25) is 5.88 Å². The van der Waals surface area contributed by atoms with Crippen molar-refractivity contribution in [2.75, 3.05) is 11.9 Å². The van der Waals surface area contributed by atoms with Crippen molar-refractivity contribution < 1.29 is 14.3 Å². The van der Waals surface area contributed by atoms with Crippen LogP contribution in [0.2, 0.25) is 0 Å². The van der Waals surface area contributed by atoms with Crippen molar-refractivity contribution in [1.29, 1.82) is 0 Å². The normalized spacial score (nSPS) is 9.62. The molecule has 0 aliphatic heterocycles. The van der Waals surface area contributed by atoms with E-state index in [1.807, 2.05) is 0 Å². The molecule has 1 aromatic rings. The van der Waals surface area contributed by atoms with Crippen LogP contribution in [0.5, 0.6) is 5.88 Å². The number of anilines is 1. The van der Waals surface area contributed by atoms with Crippen molar-refractivity contribution in [1.82, 2.24) is 4.98 Å². The van der Waals surface area contributed by atoms with Crippen LogP contribution in [-0.4, -0.2) is 23.3 Å². The van der Waals surface area contributed by atoms with Crippen LogP contribution in [0, 0.1) is 0 Å². The summed E-state index contributed by atoms with van der Waals surface area (Å²) in [6, 6.07) is 0. The molecule has 0 radical (unpaired) electrons. The zero-order valence-corrected chi connectivity index (χ0v) is 9.89. The maximum atomic E-state index is 10.9. The molecule has 1 heterocycles. The summed E-state index contributed by atoms with van der Waals surface area (Å²) in [6.45, 7) is 6.70. The van der Waals surface area contributed by atoms with Gasteiger partial charge < -0.3 is 10.1 Å². The molecule has 0 aromatic carbocycles. The van der Waals surface area contributed by atoms with Gasteiger partial charge in [-0.2, -0.15) is 4.98 Å². The number of ketones is 1. The average Bonchev–Trinajstić information content (AvgIpc) is 2.60. The highest BCUT2D eigenvalue weighted by atomic mass is 32.1. The zero-order valence-electron chi connectivity index (χ0n) is 9.07. The number of carbonyl (C=O) groups excluding carboxylic acids is 2. The summed E-state index contributed by atoms with van der Waals surface area (Å²) in [5.74, 6) is -0.220. The second kappa shape index (κ2) is 5.41. The Kier molecular flexibility index (Phi) is 4.19. The van der Waals surface area contributed by atoms with Crippen LogP contribution in [0.15, 0.2) is 17.5 Å². The second-order valence-corrected chi connectivity index (χ2v) is 3.96. The van der Waals surface area contributed by atoms with Crippen LogP contribution < -0.4 is 10.1 Å². The maximum absolute atomic E-state index is 10.9. The lowest BCUT2D eigenvalue weighted by Crippen LogP contribution is -2.09. The van der Waals surface area contributed by atoms with Crippen molar-refractivity contribution in [3.63, 3.8) is 0 Å². The highest BCUT2D eigenvalue weighted by Crippen LogP contribution is 2.21. The first-order valence-electron chi connectivity index (χ1n) is 4.55. The van der Waals surface area contributed by atoms with Gasteiger partial charge in [-0.15, -0.1) is 11.3 Å². The van der Waals surface area contributed by atoms with Gasteiger partial charge in [-0.3, -0.25) is 9.59 Å². The number of hydrogen-bond donors (Lipinski definition) is 1. The topological polar surface area (TPSA) is 68.3 Å². The zero-order chi connectivity index (χ0) is 12.1. The monoisotopic (exact) mass is 240 g/mol. The third-order valence-electron chi connectivity index (χ3n) is 1.68. The van der Waals surface area contributed by atoms with Gasteiger partial charge >= 0.3 is 5.97 Å². The molecule has 0 amide bonds. The minimum Gasteiger partial charge on any atom is -0.407 e. The van der Waals surface area contributed by atoms with E-state index in [-0.39, 0.29) is 11.7 Å². The van der Waals surface area contributed by atoms with E-state index in [1.54, 1.807) is 5.38 Å². The van der Waals surface area contributed by atoms with Gasteiger partial charge in [-0.25, -0.2) is 0 Å². The highest BCUT2D eigenvalue weighted by molar-refractivity contribution is 7.13. The molecule has 1 rings (SSSR count). The van der Waals surface area contributed by atoms with E-state index in [0.29, 0.717) is 17.2 Å². The molecule has 0 fully saturated rings. The van der Waals surface area contributed by atoms with Gasteiger partial charge in [0.05, 0.1) is 5.38 Å². The summed E-state index contributed by atoms with van der Waals surface area (Å²) < 4.78 is 4.78. The number of rotatable bonds is 5. The summed E-state index contributed by atoms with van der Waals surface area (Å²) in [7, 11) is 0. The Labute approximate surface area is 97.1 Å². The molecule has 5 nitrogen and oxygen atoms in total. The molecule has 6 heteroatoms. The molecule has 1 aromatic heterocycles. The van der Waals surface area contributed by atoms with Crippen LogP contribution in [0.25, 0.3) is 0 Å². The number of ether oxygens (including phenoxy) is 1. The Bertz CT molecular complexity index is 425. The highest BCUT2D eigenvalue weighted by Gasteiger charge is 2.06. The van der Waals surface area contributed by atoms with E-state index >= 15 is 0 Å². The maximum Gasteiger partial charge on any atom is 0.309 e. The predicted octanol–water partition coefficient (Wildman–Crippen LogP) is 1.63. The minimum absolute atomic E-state index is 0.0655. The number of esters is 1. The first-order chi connectivity index (χ1) is 7.49. The number of nitrogens with zero attached hydrogens (tertiary/aromatic N) is 1. The second-order valence-electron chi connectivity index (χ2n) is 3.10. The molecule has 0 aliphatic rings. The number of nitrogens with one attached hydrogen (secondary N) is 1. The van der Waals surface area contributed by atoms with E-state index in [4.69, 9.17) is 4.74 Å². The molecule has 0 bridgehead atoms. The number of Topliss-reactive ketones (excluding diaryl/α,β-unsaturated/α-hetero) is 1. The van der Waals surface area contributed by atoms with Gasteiger partial charge in [0.1, 0.15) is 0 Å². The summed E-state index contributed by atoms with van der Waals surface area (Å²) in [5.41, 5.74) is 0.476. The smallest absolute Gasteiger partial charge is 0.309 e. The molecule has 0 aliphatic carbocycles. The third kappa shape index (κ3) is 3.82. The molecule has 0 atom stereocenters. The Morgan fingerprint density at radius 1 is 1.56 bits per heavy atom. The van der Waals surface area contributed by atoms with Crippen molar-refractivity contribution in [2.45, 2.75) is 13.8 Å². The number of aromatic nitrogens is 1. The molecular weight excluding hydrogens is 228 g/mol. The van der Waals surface area contributed by atoms with Gasteiger partial charge in [0.15, 0.2) is 10.9 Å². The van der Waals surface area contributed by atoms with Gasteiger partial charge in [-0.1, -0.05) is 6.58 Å². The van der Waals surface area contributed by atoms with Crippen molar-refractivity contribution >= 4 is 28.2 Å². The molecule has 0 unspecified atom stereocenters. The van der Waals surface area contributed by atoms with Crippen molar-refractivity contribution in [2.24, 2.45) is 0 Å². The lowest BCUT2D eigenvalue weighted by molar-refractivity contribution is -0.132. The first-order valence-corrected chi connectivity index (χ1v) is 5.43. The number of thiazole rings is 1.